The minimum Gasteiger partial charge on any atom is -0.493 e. The van der Waals surface area contributed by atoms with Crippen LogP contribution in [-0.2, 0) is 21.4 Å². The monoisotopic (exact) mass is 560 g/mol. The average Bonchev–Trinajstić information content (AvgIpc) is 2.88. The van der Waals surface area contributed by atoms with Gasteiger partial charge in [0, 0.05) is 48.6 Å². The van der Waals surface area contributed by atoms with Gasteiger partial charge in [0.2, 0.25) is 15.9 Å². The number of piperidine rings is 1. The molecule has 3 aromatic carbocycles. The van der Waals surface area contributed by atoms with E-state index in [1.165, 1.54) is 22.5 Å². The second-order valence-corrected chi connectivity index (χ2v) is 12.4. The summed E-state index contributed by atoms with van der Waals surface area (Å²) in [5.41, 5.74) is 0.324. The molecule has 0 N–H and O–H groups in total. The largest absolute Gasteiger partial charge is 0.493 e. The van der Waals surface area contributed by atoms with Crippen molar-refractivity contribution in [3.05, 3.63) is 94.5 Å². The summed E-state index contributed by atoms with van der Waals surface area (Å²) in [7, 11) is -2.11. The number of nitrogens with zero attached hydrogens (tertiary/aromatic N) is 2. The highest BCUT2D eigenvalue weighted by Crippen LogP contribution is 2.38. The average molecular weight is 562 g/mol. The van der Waals surface area contributed by atoms with Crippen LogP contribution in [-0.4, -0.2) is 50.3 Å². The van der Waals surface area contributed by atoms with Gasteiger partial charge in [0.05, 0.1) is 11.5 Å². The normalized spacial score (nSPS) is 18.4. The Labute approximate surface area is 228 Å². The van der Waals surface area contributed by atoms with Crippen molar-refractivity contribution >= 4 is 39.1 Å². The number of benzene rings is 3. The molecule has 6 nitrogen and oxygen atoms in total. The van der Waals surface area contributed by atoms with Crippen LogP contribution < -0.4 is 4.74 Å². The van der Waals surface area contributed by atoms with Gasteiger partial charge in [-0.15, -0.1) is 0 Å². The van der Waals surface area contributed by atoms with E-state index < -0.39 is 15.4 Å². The van der Waals surface area contributed by atoms with Gasteiger partial charge in [-0.2, -0.15) is 4.31 Å². The van der Waals surface area contributed by atoms with Crippen molar-refractivity contribution in [1.82, 2.24) is 9.21 Å². The van der Waals surface area contributed by atoms with Gasteiger partial charge < -0.3 is 9.64 Å². The smallest absolute Gasteiger partial charge is 0.243 e. The molecule has 4 rings (SSSR count). The Morgan fingerprint density at radius 1 is 1.00 bits per heavy atom. The van der Waals surface area contributed by atoms with E-state index in [0.29, 0.717) is 31.7 Å². The number of halogens is 2. The van der Waals surface area contributed by atoms with Crippen molar-refractivity contribution < 1.29 is 17.9 Å². The quantitative estimate of drug-likeness (QED) is 0.327. The molecule has 0 saturated carbocycles. The molecule has 37 heavy (non-hydrogen) atoms. The number of carbonyl (C=O) groups is 1. The zero-order valence-electron chi connectivity index (χ0n) is 20.6. The third-order valence-corrected chi connectivity index (χ3v) is 8.86. The van der Waals surface area contributed by atoms with E-state index in [1.54, 1.807) is 11.9 Å². The van der Waals surface area contributed by atoms with Crippen LogP contribution in [0.3, 0.4) is 0 Å². The number of amides is 1. The highest BCUT2D eigenvalue weighted by molar-refractivity contribution is 7.89. The van der Waals surface area contributed by atoms with Gasteiger partial charge in [0.15, 0.2) is 0 Å². The maximum Gasteiger partial charge on any atom is 0.243 e. The first-order chi connectivity index (χ1) is 17.7. The van der Waals surface area contributed by atoms with Gasteiger partial charge in [-0.1, -0.05) is 71.7 Å². The summed E-state index contributed by atoms with van der Waals surface area (Å²) in [5, 5.41) is 0.499. The van der Waals surface area contributed by atoms with Crippen molar-refractivity contribution in [3.63, 3.8) is 0 Å². The zero-order chi connectivity index (χ0) is 26.5. The fourth-order valence-corrected chi connectivity index (χ4v) is 6.98. The Morgan fingerprint density at radius 2 is 1.62 bits per heavy atom. The van der Waals surface area contributed by atoms with Crippen LogP contribution in [0.4, 0.5) is 0 Å². The van der Waals surface area contributed by atoms with Gasteiger partial charge in [-0.25, -0.2) is 8.42 Å². The van der Waals surface area contributed by atoms with Crippen LogP contribution in [0.1, 0.15) is 24.8 Å². The first kappa shape index (κ1) is 27.5. The summed E-state index contributed by atoms with van der Waals surface area (Å²) in [4.78, 5) is 15.1. The first-order valence-electron chi connectivity index (χ1n) is 12.1. The van der Waals surface area contributed by atoms with Crippen LogP contribution in [0.25, 0.3) is 0 Å². The van der Waals surface area contributed by atoms with Crippen molar-refractivity contribution in [2.75, 3.05) is 26.7 Å². The number of hydrogen-bond donors (Lipinski definition) is 0. The van der Waals surface area contributed by atoms with E-state index in [2.05, 4.69) is 0 Å². The molecule has 1 aliphatic rings. The van der Waals surface area contributed by atoms with E-state index in [1.807, 2.05) is 60.7 Å². The van der Waals surface area contributed by atoms with E-state index in [0.717, 1.165) is 5.56 Å². The van der Waals surface area contributed by atoms with E-state index >= 15 is 0 Å². The van der Waals surface area contributed by atoms with Crippen LogP contribution in [0.5, 0.6) is 5.75 Å². The molecular formula is C28H30Cl2N2O4S. The maximum absolute atomic E-state index is 13.6. The Balaban J connectivity index is 1.58. The number of hydrogen-bond acceptors (Lipinski definition) is 4. The van der Waals surface area contributed by atoms with Gasteiger partial charge >= 0.3 is 0 Å². The SMILES string of the molecule is CN(Cc1ccccc1)C(=O)C[C@]1(COc2ccccc2)CCCN(S(=O)(=O)c2cc(Cl)cc(Cl)c2)C1. The van der Waals surface area contributed by atoms with Crippen molar-refractivity contribution in [2.45, 2.75) is 30.7 Å². The van der Waals surface area contributed by atoms with E-state index in [4.69, 9.17) is 27.9 Å². The highest BCUT2D eigenvalue weighted by atomic mass is 35.5. The number of rotatable bonds is 9. The highest BCUT2D eigenvalue weighted by Gasteiger charge is 2.43. The number of carbonyl (C=O) groups excluding carboxylic acids is 1. The first-order valence-corrected chi connectivity index (χ1v) is 14.3. The summed E-state index contributed by atoms with van der Waals surface area (Å²) >= 11 is 12.2. The second kappa shape index (κ2) is 11.9. The third-order valence-electron chi connectivity index (χ3n) is 6.60. The summed E-state index contributed by atoms with van der Waals surface area (Å²) in [6.07, 6.45) is 1.42. The zero-order valence-corrected chi connectivity index (χ0v) is 23.0. The van der Waals surface area contributed by atoms with Crippen molar-refractivity contribution in [3.8, 4) is 5.75 Å². The summed E-state index contributed by atoms with van der Waals surface area (Å²) in [6.45, 7) is 1.17. The van der Waals surface area contributed by atoms with Crippen LogP contribution in [0.15, 0.2) is 83.8 Å². The minimum atomic E-state index is -3.88. The lowest BCUT2D eigenvalue weighted by Crippen LogP contribution is -2.50. The van der Waals surface area contributed by atoms with E-state index in [9.17, 15) is 13.2 Å². The Morgan fingerprint density at radius 3 is 2.27 bits per heavy atom. The van der Waals surface area contributed by atoms with E-state index in [-0.39, 0.29) is 40.4 Å². The number of ether oxygens (including phenoxy) is 1. The lowest BCUT2D eigenvalue weighted by atomic mass is 9.78. The van der Waals surface area contributed by atoms with Gasteiger partial charge in [0.1, 0.15) is 5.75 Å². The predicted molar refractivity (Wildman–Crippen MR) is 146 cm³/mol. The number of sulfonamides is 1. The van der Waals surface area contributed by atoms with Crippen LogP contribution in [0, 0.1) is 5.41 Å². The van der Waals surface area contributed by atoms with Crippen LogP contribution in [0.2, 0.25) is 10.0 Å². The molecule has 3 aromatic rings. The molecule has 9 heteroatoms. The minimum absolute atomic E-state index is 0.0392. The Kier molecular flexibility index (Phi) is 8.80. The predicted octanol–water partition coefficient (Wildman–Crippen LogP) is 5.89. The summed E-state index contributed by atoms with van der Waals surface area (Å²) < 4.78 is 34.7. The molecule has 1 heterocycles. The lowest BCUT2D eigenvalue weighted by molar-refractivity contribution is -0.134. The fraction of sp³-hybridized carbons (Fsp3) is 0.321. The molecule has 0 bridgehead atoms. The fourth-order valence-electron chi connectivity index (χ4n) is 4.66. The topological polar surface area (TPSA) is 66.9 Å². The molecule has 1 saturated heterocycles. The van der Waals surface area contributed by atoms with Crippen molar-refractivity contribution in [2.24, 2.45) is 5.41 Å². The molecule has 0 unspecified atom stereocenters. The third kappa shape index (κ3) is 7.05. The molecule has 0 aromatic heterocycles. The summed E-state index contributed by atoms with van der Waals surface area (Å²) in [5.74, 6) is 0.610. The van der Waals surface area contributed by atoms with Gasteiger partial charge in [0.25, 0.3) is 0 Å². The van der Waals surface area contributed by atoms with Gasteiger partial charge in [-0.3, -0.25) is 4.79 Å². The summed E-state index contributed by atoms with van der Waals surface area (Å²) in [6, 6.07) is 23.4. The standard InChI is InChI=1S/C28H30Cl2N2O4S/c1-31(19-22-9-4-2-5-10-22)27(33)18-28(21-36-25-11-6-3-7-12-25)13-8-14-32(20-28)37(34,35)26-16-23(29)15-24(30)17-26/h2-7,9-12,15-17H,8,13-14,18-21H2,1H3/t28-/m1/s1. The lowest BCUT2D eigenvalue weighted by Gasteiger charge is -2.42. The van der Waals surface area contributed by atoms with Gasteiger partial charge in [-0.05, 0) is 48.7 Å². The van der Waals surface area contributed by atoms with Crippen molar-refractivity contribution in [1.29, 1.82) is 0 Å². The molecule has 1 amide bonds. The number of para-hydroxylation sites is 1. The molecule has 0 spiro atoms. The molecule has 1 atom stereocenters. The maximum atomic E-state index is 13.6. The second-order valence-electron chi connectivity index (χ2n) is 9.56. The molecular weight excluding hydrogens is 531 g/mol. The van der Waals surface area contributed by atoms with Crippen LogP contribution >= 0.6 is 23.2 Å². The Bertz CT molecular complexity index is 1300. The molecule has 0 radical (unpaired) electrons. The molecule has 196 valence electrons. The Hall–Kier alpha value is -2.58. The molecule has 1 fully saturated rings. The molecule has 0 aliphatic carbocycles. The molecule has 1 aliphatic heterocycles.